The minimum atomic E-state index is -0.548. The van der Waals surface area contributed by atoms with Gasteiger partial charge in [-0.3, -0.25) is 19.4 Å². The fourth-order valence-electron chi connectivity index (χ4n) is 4.81. The zero-order chi connectivity index (χ0) is 24.9. The number of hydrogen-bond donors (Lipinski definition) is 2. The standard InChI is InChI=1S/C28H35N5O3/c1-32-24(10-13-30-32)19-36-26-7-5-21-17-33(14-11-20(21)15-26)18-25(34)6-8-28(35)27-16-23(9-12-29-27)31-22-3-2-4-22/h5,7,9-10,12-13,15-16,22,25,34H,2-4,6,8,11,14,17-19H2,1H3,(H,29,31)/t25-/m0/s1. The van der Waals surface area contributed by atoms with Crippen molar-refractivity contribution in [3.8, 4) is 5.75 Å². The zero-order valence-electron chi connectivity index (χ0n) is 20.9. The molecule has 1 fully saturated rings. The number of benzene rings is 1. The normalized spacial score (nSPS) is 16.7. The topological polar surface area (TPSA) is 92.5 Å². The van der Waals surface area contributed by atoms with Crippen LogP contribution in [0.25, 0.3) is 0 Å². The second kappa shape index (κ2) is 11.2. The highest BCUT2D eigenvalue weighted by Crippen LogP contribution is 2.26. The molecule has 1 aromatic carbocycles. The molecule has 2 N–H and O–H groups in total. The lowest BCUT2D eigenvalue weighted by Crippen LogP contribution is -2.36. The number of hydrogen-bond acceptors (Lipinski definition) is 7. The Balaban J connectivity index is 1.07. The molecule has 8 nitrogen and oxygen atoms in total. The van der Waals surface area contributed by atoms with Crippen LogP contribution in [0, 0.1) is 0 Å². The van der Waals surface area contributed by atoms with Crippen LogP contribution >= 0.6 is 0 Å². The first-order valence-corrected chi connectivity index (χ1v) is 12.9. The van der Waals surface area contributed by atoms with Gasteiger partial charge < -0.3 is 15.2 Å². The lowest BCUT2D eigenvalue weighted by atomic mass is 9.93. The molecule has 1 atom stereocenters. The molecule has 0 radical (unpaired) electrons. The molecule has 1 aliphatic heterocycles. The van der Waals surface area contributed by atoms with Crippen LogP contribution in [0.4, 0.5) is 5.69 Å². The Labute approximate surface area is 212 Å². The summed E-state index contributed by atoms with van der Waals surface area (Å²) >= 11 is 0. The molecule has 0 amide bonds. The lowest BCUT2D eigenvalue weighted by molar-refractivity contribution is 0.0833. The number of fused-ring (bicyclic) bond motifs is 1. The summed E-state index contributed by atoms with van der Waals surface area (Å²) in [5.41, 5.74) is 5.01. The summed E-state index contributed by atoms with van der Waals surface area (Å²) in [5.74, 6) is 0.844. The van der Waals surface area contributed by atoms with Gasteiger partial charge in [0.15, 0.2) is 5.78 Å². The number of β-amino-alcohol motifs (C(OH)–C–C–N with tert-alkyl or cyclic N) is 1. The molecule has 3 heterocycles. The first kappa shape index (κ1) is 24.5. The van der Waals surface area contributed by atoms with Crippen LogP contribution in [0.15, 0.2) is 48.8 Å². The summed E-state index contributed by atoms with van der Waals surface area (Å²) in [4.78, 5) is 19.2. The van der Waals surface area contributed by atoms with Crippen LogP contribution in [0.3, 0.4) is 0 Å². The molecule has 5 rings (SSSR count). The predicted octanol–water partition coefficient (Wildman–Crippen LogP) is 3.74. The van der Waals surface area contributed by atoms with Crippen LogP contribution in [-0.4, -0.2) is 55.8 Å². The van der Waals surface area contributed by atoms with E-state index in [4.69, 9.17) is 4.74 Å². The van der Waals surface area contributed by atoms with Crippen molar-refractivity contribution in [2.75, 3.05) is 18.4 Å². The number of nitrogens with one attached hydrogen (secondary N) is 1. The number of aryl methyl sites for hydroxylation is 1. The van der Waals surface area contributed by atoms with E-state index in [0.29, 0.717) is 37.7 Å². The van der Waals surface area contributed by atoms with Gasteiger partial charge in [0.05, 0.1) is 11.8 Å². The largest absolute Gasteiger partial charge is 0.487 e. The highest BCUT2D eigenvalue weighted by molar-refractivity contribution is 5.95. The molecule has 2 aromatic heterocycles. The number of aliphatic hydroxyl groups excluding tert-OH is 1. The smallest absolute Gasteiger partial charge is 0.181 e. The Kier molecular flexibility index (Phi) is 7.63. The van der Waals surface area contributed by atoms with Gasteiger partial charge in [0.1, 0.15) is 18.1 Å². The number of pyridine rings is 1. The SMILES string of the molecule is Cn1nccc1COc1ccc2c(c1)CCN(C[C@@H](O)CCC(=O)c1cc(NC3CCC3)ccn1)C2. The summed E-state index contributed by atoms with van der Waals surface area (Å²) in [7, 11) is 1.91. The Morgan fingerprint density at radius 1 is 1.19 bits per heavy atom. The number of rotatable bonds is 11. The Morgan fingerprint density at radius 3 is 2.86 bits per heavy atom. The molecule has 2 aliphatic rings. The zero-order valence-corrected chi connectivity index (χ0v) is 20.9. The van der Waals surface area contributed by atoms with Crippen molar-refractivity contribution in [1.29, 1.82) is 0 Å². The fourth-order valence-corrected chi connectivity index (χ4v) is 4.81. The number of carbonyl (C=O) groups excluding carboxylic acids is 1. The summed E-state index contributed by atoms with van der Waals surface area (Å²) in [5, 5.41) is 18.3. The second-order valence-electron chi connectivity index (χ2n) is 9.97. The van der Waals surface area contributed by atoms with Gasteiger partial charge in [-0.2, -0.15) is 5.10 Å². The maximum Gasteiger partial charge on any atom is 0.181 e. The van der Waals surface area contributed by atoms with E-state index >= 15 is 0 Å². The first-order valence-electron chi connectivity index (χ1n) is 12.9. The van der Waals surface area contributed by atoms with Gasteiger partial charge in [0.2, 0.25) is 0 Å². The monoisotopic (exact) mass is 489 g/mol. The fraction of sp³-hybridized carbons (Fsp3) is 0.464. The molecule has 190 valence electrons. The number of Topliss-reactive ketones (excluding diaryl/α,β-unsaturated/α-hetero) is 1. The molecule has 0 spiro atoms. The van der Waals surface area contributed by atoms with Crippen LogP contribution in [0.2, 0.25) is 0 Å². The molecule has 0 bridgehead atoms. The van der Waals surface area contributed by atoms with E-state index in [2.05, 4.69) is 32.4 Å². The van der Waals surface area contributed by atoms with E-state index in [1.165, 1.54) is 30.4 Å². The number of aliphatic hydroxyl groups is 1. The number of ether oxygens (including phenoxy) is 1. The Morgan fingerprint density at radius 2 is 2.08 bits per heavy atom. The van der Waals surface area contributed by atoms with Gasteiger partial charge in [-0.15, -0.1) is 0 Å². The number of carbonyl (C=O) groups is 1. The van der Waals surface area contributed by atoms with Crippen molar-refractivity contribution in [3.05, 3.63) is 71.3 Å². The molecular formula is C28H35N5O3. The summed E-state index contributed by atoms with van der Waals surface area (Å²) in [6, 6.07) is 12.5. The van der Waals surface area contributed by atoms with Crippen LogP contribution < -0.4 is 10.1 Å². The quantitative estimate of drug-likeness (QED) is 0.397. The van der Waals surface area contributed by atoms with Gasteiger partial charge >= 0.3 is 0 Å². The van der Waals surface area contributed by atoms with E-state index < -0.39 is 6.10 Å². The van der Waals surface area contributed by atoms with Gasteiger partial charge in [-0.05, 0) is 73.6 Å². The van der Waals surface area contributed by atoms with Gasteiger partial charge in [0, 0.05) is 57.2 Å². The highest BCUT2D eigenvalue weighted by atomic mass is 16.5. The molecule has 1 aliphatic carbocycles. The number of aromatic nitrogens is 3. The summed E-state index contributed by atoms with van der Waals surface area (Å²) < 4.78 is 7.77. The summed E-state index contributed by atoms with van der Waals surface area (Å²) in [6.45, 7) is 2.71. The molecule has 0 saturated heterocycles. The molecule has 1 saturated carbocycles. The van der Waals surface area contributed by atoms with Crippen molar-refractivity contribution in [2.24, 2.45) is 7.05 Å². The van der Waals surface area contributed by atoms with Crippen LogP contribution in [0.1, 0.15) is 59.4 Å². The number of nitrogens with zero attached hydrogens (tertiary/aromatic N) is 4. The number of anilines is 1. The molecule has 0 unspecified atom stereocenters. The van der Waals surface area contributed by atoms with E-state index in [0.717, 1.165) is 36.6 Å². The third kappa shape index (κ3) is 6.12. The Bertz CT molecular complexity index is 1190. The van der Waals surface area contributed by atoms with Crippen molar-refractivity contribution < 1.29 is 14.6 Å². The predicted molar refractivity (Wildman–Crippen MR) is 138 cm³/mol. The molecule has 3 aromatic rings. The Hall–Kier alpha value is -3.23. The first-order chi connectivity index (χ1) is 17.5. The minimum absolute atomic E-state index is 0.0195. The second-order valence-corrected chi connectivity index (χ2v) is 9.97. The maximum atomic E-state index is 12.7. The van der Waals surface area contributed by atoms with Crippen LogP contribution in [-0.2, 0) is 26.6 Å². The van der Waals surface area contributed by atoms with Crippen molar-refractivity contribution >= 4 is 11.5 Å². The third-order valence-corrected chi connectivity index (χ3v) is 7.27. The third-order valence-electron chi connectivity index (χ3n) is 7.27. The van der Waals surface area contributed by atoms with E-state index in [9.17, 15) is 9.90 Å². The van der Waals surface area contributed by atoms with Crippen LogP contribution in [0.5, 0.6) is 5.75 Å². The van der Waals surface area contributed by atoms with E-state index in [1.54, 1.807) is 12.4 Å². The van der Waals surface area contributed by atoms with Crippen molar-refractivity contribution in [3.63, 3.8) is 0 Å². The average molecular weight is 490 g/mol. The van der Waals surface area contributed by atoms with Gasteiger partial charge in [-0.25, -0.2) is 0 Å². The maximum absolute atomic E-state index is 12.7. The lowest BCUT2D eigenvalue weighted by Gasteiger charge is -2.30. The number of ketones is 1. The molecular weight excluding hydrogens is 454 g/mol. The van der Waals surface area contributed by atoms with E-state index in [-0.39, 0.29) is 5.78 Å². The summed E-state index contributed by atoms with van der Waals surface area (Å²) in [6.07, 6.45) is 8.17. The van der Waals surface area contributed by atoms with Crippen molar-refractivity contribution in [2.45, 2.75) is 63.8 Å². The molecule has 8 heteroatoms. The van der Waals surface area contributed by atoms with E-state index in [1.807, 2.05) is 36.0 Å². The highest BCUT2D eigenvalue weighted by Gasteiger charge is 2.21. The van der Waals surface area contributed by atoms with Gasteiger partial charge in [-0.1, -0.05) is 6.07 Å². The van der Waals surface area contributed by atoms with Crippen molar-refractivity contribution in [1.82, 2.24) is 19.7 Å². The molecule has 36 heavy (non-hydrogen) atoms. The average Bonchev–Trinajstić information content (AvgIpc) is 3.28. The minimum Gasteiger partial charge on any atom is -0.487 e. The van der Waals surface area contributed by atoms with Gasteiger partial charge in [0.25, 0.3) is 0 Å².